The standard InChI is InChI=1S/C13H25NO3/c15-9-13(5-11(16)12(17)6-13)8-14-7-10-3-1-2-4-10/h10-12,14-17H,1-9H2. The molecule has 2 aliphatic rings. The second-order valence-corrected chi connectivity index (χ2v) is 5.98. The molecule has 17 heavy (non-hydrogen) atoms. The minimum absolute atomic E-state index is 0.0405. The van der Waals surface area contributed by atoms with Gasteiger partial charge in [-0.15, -0.1) is 0 Å². The molecular formula is C13H25NO3. The summed E-state index contributed by atoms with van der Waals surface area (Å²) < 4.78 is 0. The normalized spacial score (nSPS) is 39.0. The van der Waals surface area contributed by atoms with E-state index in [2.05, 4.69) is 5.32 Å². The van der Waals surface area contributed by atoms with Gasteiger partial charge in [-0.05, 0) is 38.1 Å². The molecule has 0 heterocycles. The average Bonchev–Trinajstić information content (AvgIpc) is 2.89. The Morgan fingerprint density at radius 2 is 1.65 bits per heavy atom. The predicted molar refractivity (Wildman–Crippen MR) is 65.6 cm³/mol. The second-order valence-electron chi connectivity index (χ2n) is 5.98. The highest BCUT2D eigenvalue weighted by molar-refractivity contribution is 4.95. The molecule has 4 heteroatoms. The van der Waals surface area contributed by atoms with Gasteiger partial charge >= 0.3 is 0 Å². The van der Waals surface area contributed by atoms with Gasteiger partial charge < -0.3 is 20.6 Å². The van der Waals surface area contributed by atoms with Crippen molar-refractivity contribution in [2.45, 2.75) is 50.7 Å². The lowest BCUT2D eigenvalue weighted by atomic mass is 9.86. The lowest BCUT2D eigenvalue weighted by Crippen LogP contribution is -2.37. The Balaban J connectivity index is 1.75. The number of nitrogens with one attached hydrogen (secondary N) is 1. The van der Waals surface area contributed by atoms with Crippen LogP contribution in [0.3, 0.4) is 0 Å². The summed E-state index contributed by atoms with van der Waals surface area (Å²) in [5.74, 6) is 0.780. The van der Waals surface area contributed by atoms with Gasteiger partial charge in [0.25, 0.3) is 0 Å². The van der Waals surface area contributed by atoms with Crippen LogP contribution in [-0.4, -0.2) is 47.2 Å². The average molecular weight is 243 g/mol. The van der Waals surface area contributed by atoms with Crippen LogP contribution < -0.4 is 5.32 Å². The highest BCUT2D eigenvalue weighted by Gasteiger charge is 2.43. The summed E-state index contributed by atoms with van der Waals surface area (Å²) in [4.78, 5) is 0. The van der Waals surface area contributed by atoms with Gasteiger partial charge in [0.1, 0.15) is 0 Å². The van der Waals surface area contributed by atoms with E-state index in [0.29, 0.717) is 19.4 Å². The number of aliphatic hydroxyl groups excluding tert-OH is 3. The molecule has 4 nitrogen and oxygen atoms in total. The van der Waals surface area contributed by atoms with Gasteiger partial charge in [-0.3, -0.25) is 0 Å². The van der Waals surface area contributed by atoms with Gasteiger partial charge in [0.15, 0.2) is 0 Å². The second kappa shape index (κ2) is 5.65. The van der Waals surface area contributed by atoms with Gasteiger partial charge in [-0.1, -0.05) is 12.8 Å². The first kappa shape index (κ1) is 13.3. The maximum Gasteiger partial charge on any atom is 0.0806 e. The quantitative estimate of drug-likeness (QED) is 0.559. The zero-order valence-corrected chi connectivity index (χ0v) is 10.4. The van der Waals surface area contributed by atoms with E-state index in [-0.39, 0.29) is 12.0 Å². The highest BCUT2D eigenvalue weighted by atomic mass is 16.3. The maximum atomic E-state index is 9.59. The van der Waals surface area contributed by atoms with E-state index in [4.69, 9.17) is 0 Å². The molecule has 2 fully saturated rings. The van der Waals surface area contributed by atoms with Gasteiger partial charge in [0.05, 0.1) is 18.8 Å². The summed E-state index contributed by atoms with van der Waals surface area (Å²) in [6.07, 6.45) is 4.97. The van der Waals surface area contributed by atoms with Crippen molar-refractivity contribution < 1.29 is 15.3 Å². The molecule has 0 spiro atoms. The van der Waals surface area contributed by atoms with Crippen LogP contribution in [0.2, 0.25) is 0 Å². The third-order valence-corrected chi connectivity index (χ3v) is 4.47. The van der Waals surface area contributed by atoms with Crippen LogP contribution in [0, 0.1) is 11.3 Å². The molecule has 0 aliphatic heterocycles. The van der Waals surface area contributed by atoms with Crippen LogP contribution in [0.4, 0.5) is 0 Å². The first-order chi connectivity index (χ1) is 8.15. The number of rotatable bonds is 5. The fourth-order valence-electron chi connectivity index (χ4n) is 3.33. The molecule has 2 aliphatic carbocycles. The lowest BCUT2D eigenvalue weighted by molar-refractivity contribution is 0.0438. The van der Waals surface area contributed by atoms with Crippen molar-refractivity contribution in [2.75, 3.05) is 19.7 Å². The van der Waals surface area contributed by atoms with Crippen LogP contribution in [-0.2, 0) is 0 Å². The van der Waals surface area contributed by atoms with Crippen molar-refractivity contribution in [1.82, 2.24) is 5.32 Å². The summed E-state index contributed by atoms with van der Waals surface area (Å²) >= 11 is 0. The Labute approximate surface area is 103 Å². The zero-order valence-electron chi connectivity index (χ0n) is 10.4. The van der Waals surface area contributed by atoms with E-state index in [1.54, 1.807) is 0 Å². The number of aliphatic hydroxyl groups is 3. The molecule has 0 aromatic heterocycles. The molecule has 2 atom stereocenters. The van der Waals surface area contributed by atoms with Crippen molar-refractivity contribution >= 4 is 0 Å². The minimum Gasteiger partial charge on any atom is -0.396 e. The number of hydrogen-bond acceptors (Lipinski definition) is 4. The monoisotopic (exact) mass is 243 g/mol. The Kier molecular flexibility index (Phi) is 4.42. The molecule has 0 aromatic rings. The maximum absolute atomic E-state index is 9.59. The summed E-state index contributed by atoms with van der Waals surface area (Å²) in [7, 11) is 0. The molecular weight excluding hydrogens is 218 g/mol. The summed E-state index contributed by atoms with van der Waals surface area (Å²) in [5.41, 5.74) is -0.322. The third-order valence-electron chi connectivity index (χ3n) is 4.47. The SMILES string of the molecule is OCC1(CNCC2CCCC2)CC(O)C(O)C1. The van der Waals surface area contributed by atoms with E-state index >= 15 is 0 Å². The molecule has 2 rings (SSSR count). The predicted octanol–water partition coefficient (Wildman–Crippen LogP) is 0.260. The smallest absolute Gasteiger partial charge is 0.0806 e. The van der Waals surface area contributed by atoms with Crippen molar-refractivity contribution in [3.05, 3.63) is 0 Å². The molecule has 0 amide bonds. The Morgan fingerprint density at radius 3 is 2.18 bits per heavy atom. The van der Waals surface area contributed by atoms with E-state index < -0.39 is 12.2 Å². The molecule has 0 saturated heterocycles. The fourth-order valence-corrected chi connectivity index (χ4v) is 3.33. The molecule has 2 saturated carbocycles. The lowest BCUT2D eigenvalue weighted by Gasteiger charge is -2.27. The van der Waals surface area contributed by atoms with Crippen molar-refractivity contribution in [2.24, 2.45) is 11.3 Å². The summed E-state index contributed by atoms with van der Waals surface area (Å²) in [5, 5.41) is 32.1. The van der Waals surface area contributed by atoms with E-state index in [1.165, 1.54) is 25.7 Å². The molecule has 2 unspecified atom stereocenters. The first-order valence-corrected chi connectivity index (χ1v) is 6.83. The Morgan fingerprint density at radius 1 is 1.06 bits per heavy atom. The minimum atomic E-state index is -0.671. The molecule has 0 aromatic carbocycles. The summed E-state index contributed by atoms with van der Waals surface area (Å²) in [6, 6.07) is 0. The van der Waals surface area contributed by atoms with Crippen molar-refractivity contribution in [3.63, 3.8) is 0 Å². The topological polar surface area (TPSA) is 72.7 Å². The molecule has 4 N–H and O–H groups in total. The van der Waals surface area contributed by atoms with E-state index in [9.17, 15) is 15.3 Å². The molecule has 100 valence electrons. The Bertz CT molecular complexity index is 231. The fraction of sp³-hybridized carbons (Fsp3) is 1.00. The van der Waals surface area contributed by atoms with Crippen LogP contribution in [0.1, 0.15) is 38.5 Å². The van der Waals surface area contributed by atoms with Crippen LogP contribution in [0.15, 0.2) is 0 Å². The van der Waals surface area contributed by atoms with Crippen molar-refractivity contribution in [3.8, 4) is 0 Å². The van der Waals surface area contributed by atoms with Gasteiger partial charge in [-0.25, -0.2) is 0 Å². The first-order valence-electron chi connectivity index (χ1n) is 6.83. The van der Waals surface area contributed by atoms with Crippen LogP contribution >= 0.6 is 0 Å². The number of hydrogen-bond donors (Lipinski definition) is 4. The molecule has 0 bridgehead atoms. The molecule has 0 radical (unpaired) electrons. The third kappa shape index (κ3) is 3.19. The zero-order chi connectivity index (χ0) is 12.3. The summed E-state index contributed by atoms with van der Waals surface area (Å²) in [6.45, 7) is 1.75. The highest BCUT2D eigenvalue weighted by Crippen LogP contribution is 2.37. The van der Waals surface area contributed by atoms with Crippen molar-refractivity contribution in [1.29, 1.82) is 0 Å². The van der Waals surface area contributed by atoms with Gasteiger partial charge in [-0.2, -0.15) is 0 Å². The Hall–Kier alpha value is -0.160. The van der Waals surface area contributed by atoms with Gasteiger partial charge in [0.2, 0.25) is 0 Å². The van der Waals surface area contributed by atoms with Crippen LogP contribution in [0.5, 0.6) is 0 Å². The largest absolute Gasteiger partial charge is 0.396 e. The van der Waals surface area contributed by atoms with E-state index in [0.717, 1.165) is 12.5 Å². The van der Waals surface area contributed by atoms with Crippen LogP contribution in [0.25, 0.3) is 0 Å². The van der Waals surface area contributed by atoms with E-state index in [1.807, 2.05) is 0 Å². The van der Waals surface area contributed by atoms with Gasteiger partial charge in [0, 0.05) is 12.0 Å².